The number of methoxy groups -OCH3 is 1. The normalized spacial score (nSPS) is 15.3. The number of hydrogen-bond donors (Lipinski definition) is 1. The largest absolute Gasteiger partial charge is 0.497 e. The number of halogens is 2. The highest BCUT2D eigenvalue weighted by Gasteiger charge is 2.30. The molecule has 5 rings (SSSR count). The predicted octanol–water partition coefficient (Wildman–Crippen LogP) is 6.22. The van der Waals surface area contributed by atoms with E-state index in [1.165, 1.54) is 28.1 Å². The van der Waals surface area contributed by atoms with Crippen LogP contribution in [0.4, 0.5) is 5.69 Å². The number of hydrazine groups is 1. The Labute approximate surface area is 204 Å². The highest BCUT2D eigenvalue weighted by Crippen LogP contribution is 2.33. The van der Waals surface area contributed by atoms with Crippen molar-refractivity contribution in [1.82, 2.24) is 10.3 Å². The standard InChI is InChI=1S/C27H25Cl2N3O/c1-33-24-7-2-4-20(14-24)15-27-25-18-32(23-6-3-5-22(29)16-23)30-26(25)12-13-31(27)17-19-8-10-21(28)11-9-19/h2-12,14,16,30H,13,15,17-18H2,1H3. The van der Waals surface area contributed by atoms with Gasteiger partial charge >= 0.3 is 0 Å². The van der Waals surface area contributed by atoms with E-state index in [0.29, 0.717) is 0 Å². The molecule has 4 nitrogen and oxygen atoms in total. The maximum Gasteiger partial charge on any atom is 0.119 e. The summed E-state index contributed by atoms with van der Waals surface area (Å²) in [6.45, 7) is 2.42. The molecule has 0 radical (unpaired) electrons. The molecule has 0 amide bonds. The van der Waals surface area contributed by atoms with Crippen LogP contribution >= 0.6 is 23.2 Å². The SMILES string of the molecule is COc1cccc(CC2=C3CN(c4cccc(Cl)c4)NC3=CCN2Cc2ccc(Cl)cc2)c1. The molecule has 1 fully saturated rings. The zero-order chi connectivity index (χ0) is 22.8. The van der Waals surface area contributed by atoms with Crippen molar-refractivity contribution in [3.63, 3.8) is 0 Å². The Balaban J connectivity index is 1.49. The molecule has 6 heteroatoms. The van der Waals surface area contributed by atoms with Gasteiger partial charge in [0.1, 0.15) is 5.75 Å². The number of allylic oxidation sites excluding steroid dienone is 1. The summed E-state index contributed by atoms with van der Waals surface area (Å²) in [5.74, 6) is 0.874. The Hall–Kier alpha value is -3.08. The summed E-state index contributed by atoms with van der Waals surface area (Å²) in [7, 11) is 1.71. The minimum Gasteiger partial charge on any atom is -0.497 e. The summed E-state index contributed by atoms with van der Waals surface area (Å²) >= 11 is 12.4. The van der Waals surface area contributed by atoms with E-state index in [-0.39, 0.29) is 0 Å². The zero-order valence-electron chi connectivity index (χ0n) is 18.4. The molecule has 2 aliphatic heterocycles. The lowest BCUT2D eigenvalue weighted by Gasteiger charge is -2.31. The average Bonchev–Trinajstić information content (AvgIpc) is 3.27. The van der Waals surface area contributed by atoms with Crippen LogP contribution in [0.2, 0.25) is 10.0 Å². The van der Waals surface area contributed by atoms with Crippen LogP contribution in [0.5, 0.6) is 5.75 Å². The van der Waals surface area contributed by atoms with E-state index in [0.717, 1.165) is 47.5 Å². The molecular weight excluding hydrogens is 453 g/mol. The number of hydrogen-bond acceptors (Lipinski definition) is 4. The summed E-state index contributed by atoms with van der Waals surface area (Å²) < 4.78 is 5.46. The fourth-order valence-corrected chi connectivity index (χ4v) is 4.69. The molecule has 1 N–H and O–H groups in total. The van der Waals surface area contributed by atoms with E-state index in [9.17, 15) is 0 Å². The molecule has 3 aromatic carbocycles. The first-order valence-electron chi connectivity index (χ1n) is 10.9. The lowest BCUT2D eigenvalue weighted by Crippen LogP contribution is -2.30. The van der Waals surface area contributed by atoms with Crippen LogP contribution in [0.3, 0.4) is 0 Å². The van der Waals surface area contributed by atoms with Crippen molar-refractivity contribution < 1.29 is 4.74 Å². The number of fused-ring (bicyclic) bond motifs is 1. The number of ether oxygens (including phenoxy) is 1. The van der Waals surface area contributed by atoms with Gasteiger partial charge in [0, 0.05) is 40.8 Å². The lowest BCUT2D eigenvalue weighted by molar-refractivity contribution is 0.354. The van der Waals surface area contributed by atoms with Gasteiger partial charge in [-0.2, -0.15) is 0 Å². The molecule has 0 bridgehead atoms. The molecule has 0 unspecified atom stereocenters. The van der Waals surface area contributed by atoms with Gasteiger partial charge in [0.05, 0.1) is 25.0 Å². The van der Waals surface area contributed by atoms with Gasteiger partial charge in [0.2, 0.25) is 0 Å². The van der Waals surface area contributed by atoms with Crippen molar-refractivity contribution in [3.8, 4) is 5.75 Å². The maximum absolute atomic E-state index is 6.25. The molecule has 2 aliphatic rings. The van der Waals surface area contributed by atoms with Gasteiger partial charge in [0.25, 0.3) is 0 Å². The third-order valence-corrected chi connectivity index (χ3v) is 6.54. The molecule has 1 saturated heterocycles. The van der Waals surface area contributed by atoms with Crippen LogP contribution in [0.25, 0.3) is 0 Å². The van der Waals surface area contributed by atoms with Gasteiger partial charge in [0.15, 0.2) is 0 Å². The molecule has 3 aromatic rings. The van der Waals surface area contributed by atoms with Crippen LogP contribution in [-0.2, 0) is 13.0 Å². The van der Waals surface area contributed by atoms with Crippen molar-refractivity contribution >= 4 is 28.9 Å². The lowest BCUT2D eigenvalue weighted by atomic mass is 9.99. The van der Waals surface area contributed by atoms with E-state index in [4.69, 9.17) is 27.9 Å². The van der Waals surface area contributed by atoms with Gasteiger partial charge in [-0.3, -0.25) is 10.4 Å². The second kappa shape index (κ2) is 9.42. The monoisotopic (exact) mass is 477 g/mol. The molecule has 0 aromatic heterocycles. The first-order valence-corrected chi connectivity index (χ1v) is 11.7. The first-order chi connectivity index (χ1) is 16.1. The Bertz CT molecular complexity index is 1220. The van der Waals surface area contributed by atoms with Crippen LogP contribution in [0.1, 0.15) is 11.1 Å². The molecule has 168 valence electrons. The smallest absolute Gasteiger partial charge is 0.119 e. The molecular formula is C27H25Cl2N3O. The Morgan fingerprint density at radius 2 is 1.73 bits per heavy atom. The topological polar surface area (TPSA) is 27.7 Å². The van der Waals surface area contributed by atoms with Crippen molar-refractivity contribution in [2.24, 2.45) is 0 Å². The van der Waals surface area contributed by atoms with Gasteiger partial charge in [-0.15, -0.1) is 0 Å². The molecule has 0 aliphatic carbocycles. The van der Waals surface area contributed by atoms with Crippen LogP contribution in [0, 0.1) is 0 Å². The predicted molar refractivity (Wildman–Crippen MR) is 136 cm³/mol. The molecule has 33 heavy (non-hydrogen) atoms. The summed E-state index contributed by atoms with van der Waals surface area (Å²) in [6, 6.07) is 24.3. The fourth-order valence-electron chi connectivity index (χ4n) is 4.38. The van der Waals surface area contributed by atoms with E-state index >= 15 is 0 Å². The van der Waals surface area contributed by atoms with Crippen LogP contribution in [-0.4, -0.2) is 25.1 Å². The Morgan fingerprint density at radius 1 is 0.909 bits per heavy atom. The number of benzene rings is 3. The molecule has 0 atom stereocenters. The Kier molecular flexibility index (Phi) is 6.21. The number of rotatable bonds is 6. The summed E-state index contributed by atoms with van der Waals surface area (Å²) in [4.78, 5) is 2.45. The van der Waals surface area contributed by atoms with Crippen molar-refractivity contribution in [2.75, 3.05) is 25.2 Å². The quantitative estimate of drug-likeness (QED) is 0.455. The van der Waals surface area contributed by atoms with Crippen LogP contribution in [0.15, 0.2) is 95.8 Å². The minimum atomic E-state index is 0.730. The second-order valence-electron chi connectivity index (χ2n) is 8.26. The van der Waals surface area contributed by atoms with Crippen molar-refractivity contribution in [3.05, 3.63) is 117 Å². The van der Waals surface area contributed by atoms with Gasteiger partial charge in [-0.1, -0.05) is 53.5 Å². The number of nitrogens with zero attached hydrogens (tertiary/aromatic N) is 2. The average molecular weight is 478 g/mol. The highest BCUT2D eigenvalue weighted by molar-refractivity contribution is 6.31. The van der Waals surface area contributed by atoms with Crippen molar-refractivity contribution in [2.45, 2.75) is 13.0 Å². The summed E-state index contributed by atoms with van der Waals surface area (Å²) in [6.07, 6.45) is 3.09. The molecule has 0 saturated carbocycles. The van der Waals surface area contributed by atoms with Crippen LogP contribution < -0.4 is 15.2 Å². The van der Waals surface area contributed by atoms with E-state index in [1.54, 1.807) is 7.11 Å². The maximum atomic E-state index is 6.25. The zero-order valence-corrected chi connectivity index (χ0v) is 19.9. The second-order valence-corrected chi connectivity index (χ2v) is 9.13. The van der Waals surface area contributed by atoms with Gasteiger partial charge in [-0.05, 0) is 59.7 Å². The molecule has 0 spiro atoms. The van der Waals surface area contributed by atoms with Gasteiger partial charge in [-0.25, -0.2) is 0 Å². The van der Waals surface area contributed by atoms with Gasteiger partial charge < -0.3 is 9.64 Å². The third-order valence-electron chi connectivity index (χ3n) is 6.05. The van der Waals surface area contributed by atoms with Crippen molar-refractivity contribution in [1.29, 1.82) is 0 Å². The third kappa shape index (κ3) is 4.82. The minimum absolute atomic E-state index is 0.730. The molecule has 2 heterocycles. The van der Waals surface area contributed by atoms with E-state index in [1.807, 2.05) is 42.5 Å². The summed E-state index contributed by atoms with van der Waals surface area (Å²) in [5.41, 5.74) is 10.9. The summed E-state index contributed by atoms with van der Waals surface area (Å²) in [5, 5.41) is 3.64. The van der Waals surface area contributed by atoms with E-state index < -0.39 is 0 Å². The number of nitrogens with one attached hydrogen (secondary N) is 1. The first kappa shape index (κ1) is 21.7. The fraction of sp³-hybridized carbons (Fsp3) is 0.185. The van der Waals surface area contributed by atoms with E-state index in [2.05, 4.69) is 51.7 Å². The number of anilines is 1. The highest BCUT2D eigenvalue weighted by atomic mass is 35.5. The Morgan fingerprint density at radius 3 is 2.52 bits per heavy atom.